The second-order valence-electron chi connectivity index (χ2n) is 19.7. The number of amides is 5. The summed E-state index contributed by atoms with van der Waals surface area (Å²) in [5.41, 5.74) is 13.6. The van der Waals surface area contributed by atoms with Crippen molar-refractivity contribution in [1.29, 1.82) is 2.86 Å². The molecule has 0 saturated heterocycles. The van der Waals surface area contributed by atoms with Crippen LogP contribution in [0.1, 0.15) is 86.7 Å². The summed E-state index contributed by atoms with van der Waals surface area (Å²) in [5.74, 6) is -1.29. The van der Waals surface area contributed by atoms with Crippen LogP contribution >= 0.6 is 0 Å². The van der Waals surface area contributed by atoms with Gasteiger partial charge in [0.15, 0.2) is 6.23 Å². The molecule has 7 rings (SSSR count). The zero-order valence-electron chi connectivity index (χ0n) is 61.1. The maximum atomic E-state index is 12.1. The van der Waals surface area contributed by atoms with Crippen molar-refractivity contribution in [3.63, 3.8) is 0 Å². The first-order valence-electron chi connectivity index (χ1n) is 33.7. The van der Waals surface area contributed by atoms with E-state index in [1.807, 2.05) is 6.92 Å². The largest absolute Gasteiger partial charge is 0.394 e. The van der Waals surface area contributed by atoms with Crippen molar-refractivity contribution in [3.8, 4) is 0 Å². The van der Waals surface area contributed by atoms with Crippen LogP contribution in [0.5, 0.6) is 0 Å². The topological polar surface area (TPSA) is 456 Å². The Morgan fingerprint density at radius 3 is 1.27 bits per heavy atom. The van der Waals surface area contributed by atoms with Gasteiger partial charge in [0, 0.05) is 27.0 Å². The molecule has 0 spiro atoms. The average Bonchev–Trinajstić information content (AvgIpc) is 1.67. The molecule has 3 atom stereocenters. The highest BCUT2D eigenvalue weighted by Crippen LogP contribution is 2.31. The molecule has 3 heterocycles. The molecule has 31 nitrogen and oxygen atoms in total. The smallest absolute Gasteiger partial charge is 0.297 e. The highest BCUT2D eigenvalue weighted by Gasteiger charge is 2.37. The number of ether oxygens (including phenoxy) is 9. The molecule has 0 fully saturated rings. The zero-order valence-corrected chi connectivity index (χ0v) is 57.9. The van der Waals surface area contributed by atoms with E-state index in [-0.39, 0.29) is 147 Å². The summed E-state index contributed by atoms with van der Waals surface area (Å²) in [7, 11) is 0.293. The fourth-order valence-electron chi connectivity index (χ4n) is 7.92. The third-order valence-electron chi connectivity index (χ3n) is 12.5. The van der Waals surface area contributed by atoms with Crippen molar-refractivity contribution in [2.24, 2.45) is 11.5 Å². The Morgan fingerprint density at radius 1 is 0.515 bits per heavy atom. The molecule has 2 unspecified atom stereocenters. The molecule has 99 heavy (non-hydrogen) atoms. The van der Waals surface area contributed by atoms with Crippen LogP contribution in [0.15, 0.2) is 115 Å². The van der Waals surface area contributed by atoms with Crippen LogP contribution in [0.4, 0.5) is 0 Å². The summed E-state index contributed by atoms with van der Waals surface area (Å²) in [6.07, 6.45) is -0.812. The Hall–Kier alpha value is -6.52. The first-order valence-corrected chi connectivity index (χ1v) is 32.3. The summed E-state index contributed by atoms with van der Waals surface area (Å²) >= 11 is 0. The molecule has 4 aromatic carbocycles. The van der Waals surface area contributed by atoms with Gasteiger partial charge in [0.2, 0.25) is 2.86 Å². The van der Waals surface area contributed by atoms with Gasteiger partial charge in [0.1, 0.15) is 12.2 Å². The number of aliphatic hydroxyl groups is 9. The predicted molar refractivity (Wildman–Crippen MR) is 365 cm³/mol. The molecule has 4 aromatic rings. The van der Waals surface area contributed by atoms with Crippen molar-refractivity contribution in [3.05, 3.63) is 149 Å². The first kappa shape index (κ1) is 86.7. The SMILES string of the molecule is C=CCOCCOCCN1C(=O)c2ccccc2C1=O.CN.Cc1ccc(S(=O)(=O)OCCOCCO)cc1.O=C1c2ccccc2[C@H](O)N1CCOCCO.OCCOCCO.[2H]OCC(O)COCCOCCN.[2H]OCC(O)COCCOCCN1C(=O)c2ccccc2C1=O.[3H]C.[3H]C. The minimum absolute atomic E-state index is 0.0278. The lowest BCUT2D eigenvalue weighted by Gasteiger charge is -2.20. The summed E-state index contributed by atoms with van der Waals surface area (Å²) in [6.45, 7) is 11.9. The van der Waals surface area contributed by atoms with Crippen LogP contribution < -0.4 is 11.5 Å². The summed E-state index contributed by atoms with van der Waals surface area (Å²) < 4.78 is 98.0. The van der Waals surface area contributed by atoms with Crippen molar-refractivity contribution in [2.75, 3.05) is 198 Å². The lowest BCUT2D eigenvalue weighted by atomic mass is 10.1. The van der Waals surface area contributed by atoms with Gasteiger partial charge in [-0.3, -0.25) is 38.0 Å². The van der Waals surface area contributed by atoms with E-state index in [1.54, 1.807) is 91.0 Å². The lowest BCUT2D eigenvalue weighted by molar-refractivity contribution is -0.0159. The second-order valence-corrected chi connectivity index (χ2v) is 21.3. The Kier molecular flexibility index (Phi) is 51.8. The van der Waals surface area contributed by atoms with Crippen molar-refractivity contribution in [1.82, 2.24) is 14.7 Å². The maximum Gasteiger partial charge on any atom is 0.297 e. The number of aryl methyl sites for hydroxylation is 1. The van der Waals surface area contributed by atoms with E-state index < -0.39 is 28.6 Å². The number of fused-ring (bicyclic) bond motifs is 3. The van der Waals surface area contributed by atoms with E-state index in [0.29, 0.717) is 113 Å². The van der Waals surface area contributed by atoms with Crippen molar-refractivity contribution >= 4 is 39.7 Å². The number of carbonyl (C=O) groups excluding carboxylic acids is 5. The van der Waals surface area contributed by atoms with Gasteiger partial charge < -0.3 is 105 Å². The van der Waals surface area contributed by atoms with Gasteiger partial charge in [-0.15, -0.1) is 6.58 Å². The van der Waals surface area contributed by atoms with Crippen molar-refractivity contribution < 1.29 is 128 Å². The molecule has 0 saturated carbocycles. The van der Waals surface area contributed by atoms with E-state index in [9.17, 15) is 42.6 Å². The van der Waals surface area contributed by atoms with E-state index >= 15 is 0 Å². The van der Waals surface area contributed by atoms with E-state index in [2.05, 4.69) is 27.3 Å². The van der Waals surface area contributed by atoms with Crippen LogP contribution in [0.2, 0.25) is 0 Å². The number of aliphatic hydroxyl groups excluding tert-OH is 9. The number of hydrogen-bond donors (Lipinski definition) is 11. The number of nitrogens with two attached hydrogens (primary N) is 2. The Morgan fingerprint density at radius 2 is 0.869 bits per heavy atom. The van der Waals surface area contributed by atoms with Gasteiger partial charge >= 0.3 is 0 Å². The quantitative estimate of drug-likeness (QED) is 0.0122. The van der Waals surface area contributed by atoms with Gasteiger partial charge in [0.05, 0.1) is 205 Å². The minimum atomic E-state index is -3.71. The van der Waals surface area contributed by atoms with Crippen LogP contribution in [0, 0.1) is 6.92 Å². The van der Waals surface area contributed by atoms with Crippen LogP contribution in [0.3, 0.4) is 0 Å². The zero-order chi connectivity index (χ0) is 77.5. The third kappa shape index (κ3) is 37.6. The predicted octanol–water partition coefficient (Wildman–Crippen LogP) is 0.188. The standard InChI is InChI=1S/C15H19NO6.C15H17NO4.C12H15NO4.C11H16O5S.C7H17NO4.C4H10O3.CH5N.2CH4/c17-9-11(18)10-22-8-7-21-6-5-16-14(19)12-3-1-2-4-13(12)15(16)20;1-2-8-19-10-11-20-9-7-16-14(17)12-5-3-4-6-13(12)15(16)18;14-6-8-17-7-5-13-11(15)9-3-1-2-4-10(9)12(13)16;1-10-2-4-11(5-3-10)17(13,14)16-9-8-15-7-6-12;8-1-2-11-3-4-12-6-7(10)5-9;5-1-3-7-4-2-6;1-2;;/h1-4,11,17-18H,5-10H2;2-6H,1,7-11H2;1-4,11,14-15H,5-8H2;2-5,12H,6-9H2,1H3;7,9-10H,1-6,8H2;5-6H,1-4H2;2H2,1H3;2*1H4/t;;11-;;;;;;/m..0....../s1/i17D;;;;9D;;;2*1T. The minimum Gasteiger partial charge on any atom is -0.394 e. The number of benzene rings is 4. The van der Waals surface area contributed by atoms with Gasteiger partial charge in [-0.2, -0.15) is 8.42 Å². The fraction of sp³-hybridized carbons (Fsp3) is 0.537. The Labute approximate surface area is 586 Å². The number of carbonyl (C=O) groups is 5. The molecule has 0 radical (unpaired) electrons. The molecule has 5 amide bonds. The molecule has 0 aromatic heterocycles. The maximum absolute atomic E-state index is 12.1. The highest BCUT2D eigenvalue weighted by molar-refractivity contribution is 7.86. The Balaban J connectivity index is 0. The van der Waals surface area contributed by atoms with Gasteiger partial charge in [-0.05, 0) is 56.4 Å². The molecular weight excluding hydrogens is 1320 g/mol. The number of nitrogens with zero attached hydrogens (tertiary/aromatic N) is 3. The molecular formula is C67H107N5O26S. The van der Waals surface area contributed by atoms with Gasteiger partial charge in [0.25, 0.3) is 39.7 Å². The molecule has 0 bridgehead atoms. The van der Waals surface area contributed by atoms with E-state index in [4.69, 9.17) is 78.9 Å². The first-order chi connectivity index (χ1) is 49.9. The second kappa shape index (κ2) is 59.2. The normalized spacial score (nSPS) is 14.1. The highest BCUT2D eigenvalue weighted by atomic mass is 32.2. The van der Waals surface area contributed by atoms with Gasteiger partial charge in [-0.25, -0.2) is 0 Å². The van der Waals surface area contributed by atoms with Crippen molar-refractivity contribution in [2.45, 2.75) is 45.1 Å². The Bertz CT molecular complexity index is 2890. The molecule has 13 N–H and O–H groups in total. The van der Waals surface area contributed by atoms with Crippen LogP contribution in [0.25, 0.3) is 0 Å². The van der Waals surface area contributed by atoms with Crippen LogP contribution in [-0.4, -0.2) is 312 Å². The van der Waals surface area contributed by atoms with Gasteiger partial charge in [-0.1, -0.05) is 81.0 Å². The summed E-state index contributed by atoms with van der Waals surface area (Å²) in [6, 6.07) is 27.0. The van der Waals surface area contributed by atoms with E-state index in [1.165, 1.54) is 48.7 Å². The number of imide groups is 2. The summed E-state index contributed by atoms with van der Waals surface area (Å²) in [4.78, 5) is 64.0. The van der Waals surface area contributed by atoms with E-state index in [0.717, 1.165) is 5.56 Å². The molecule has 562 valence electrons. The number of rotatable bonds is 43. The molecule has 3 aliphatic rings. The van der Waals surface area contributed by atoms with Crippen LogP contribution in [-0.2, 0) is 56.9 Å². The molecule has 32 heteroatoms. The average molecular weight is 1440 g/mol. The third-order valence-corrected chi connectivity index (χ3v) is 13.8. The molecule has 3 aliphatic heterocycles. The molecule has 0 aliphatic carbocycles. The summed E-state index contributed by atoms with van der Waals surface area (Å²) in [5, 5.41) is 69.4. The monoisotopic (exact) mass is 1440 g/mol. The fourth-order valence-corrected chi connectivity index (χ4v) is 8.81. The number of hydrogen-bond acceptors (Lipinski definition) is 28. The lowest BCUT2D eigenvalue weighted by Crippen LogP contribution is -2.33.